The van der Waals surface area contributed by atoms with E-state index >= 15 is 0 Å². The highest BCUT2D eigenvalue weighted by molar-refractivity contribution is 6.30. The smallest absolute Gasteiger partial charge is 0.331 e. The van der Waals surface area contributed by atoms with Crippen LogP contribution in [-0.2, 0) is 11.3 Å². The number of amides is 4. The molecule has 3 N–H and O–H groups in total. The Morgan fingerprint density at radius 2 is 1.73 bits per heavy atom. The van der Waals surface area contributed by atoms with Gasteiger partial charge in [-0.05, 0) is 54.1 Å². The van der Waals surface area contributed by atoms with E-state index in [0.717, 1.165) is 10.5 Å². The van der Waals surface area contributed by atoms with Crippen molar-refractivity contribution in [2.24, 2.45) is 16.3 Å². The number of rotatable bonds is 13. The molecular formula is C26H28ClN7O6. The standard InChI is InChI=1S/C26H28ClN7O6/c1-39-22-3-2-4-23(31-22)40-21-11-9-20(10-12-21)30-24-32-25(35)34(16-18(13-28-37)14-29-38)26(36)33(24)15-17-5-7-19(27)8-6-17/h2-12,18,23-24,30-31H,13-16H2,1H3,(H,32,35). The highest BCUT2D eigenvalue weighted by Gasteiger charge is 2.39. The number of ether oxygens (including phenoxy) is 2. The maximum absolute atomic E-state index is 13.5. The zero-order chi connectivity index (χ0) is 28.5. The molecule has 2 aliphatic rings. The zero-order valence-corrected chi connectivity index (χ0v) is 22.3. The third kappa shape index (κ3) is 7.26. The summed E-state index contributed by atoms with van der Waals surface area (Å²) < 4.78 is 11.1. The Balaban J connectivity index is 1.49. The van der Waals surface area contributed by atoms with Gasteiger partial charge >= 0.3 is 12.1 Å². The Labute approximate surface area is 235 Å². The van der Waals surface area contributed by atoms with Gasteiger partial charge in [-0.25, -0.2) is 14.5 Å². The molecule has 2 aliphatic heterocycles. The first kappa shape index (κ1) is 28.4. The molecule has 40 heavy (non-hydrogen) atoms. The van der Waals surface area contributed by atoms with Gasteiger partial charge in [0.05, 0.1) is 26.7 Å². The molecule has 2 heterocycles. The molecule has 0 saturated carbocycles. The minimum atomic E-state index is -0.914. The van der Waals surface area contributed by atoms with E-state index in [9.17, 15) is 19.4 Å². The molecule has 1 fully saturated rings. The minimum Gasteiger partial charge on any atom is -0.482 e. The number of carbonyl (C=O) groups is 2. The molecule has 2 atom stereocenters. The van der Waals surface area contributed by atoms with Crippen LogP contribution in [0.25, 0.3) is 0 Å². The van der Waals surface area contributed by atoms with Crippen molar-refractivity contribution in [2.45, 2.75) is 19.1 Å². The predicted octanol–water partition coefficient (Wildman–Crippen LogP) is 4.18. The lowest BCUT2D eigenvalue weighted by Gasteiger charge is -2.42. The lowest BCUT2D eigenvalue weighted by atomic mass is 10.1. The largest absolute Gasteiger partial charge is 0.482 e. The quantitative estimate of drug-likeness (QED) is 0.303. The Bertz CT molecular complexity index is 1260. The van der Waals surface area contributed by atoms with E-state index in [0.29, 0.717) is 22.3 Å². The topological polar surface area (TPSA) is 154 Å². The molecule has 0 radical (unpaired) electrons. The summed E-state index contributed by atoms with van der Waals surface area (Å²) in [5.74, 6) is 0.467. The van der Waals surface area contributed by atoms with Crippen LogP contribution in [0.3, 0.4) is 0 Å². The van der Waals surface area contributed by atoms with Gasteiger partial charge < -0.3 is 20.1 Å². The SMILES string of the molecule is COC1=CC=CC(Oc2ccc(NC3NC(=O)N(CC(CN=O)CN=O)C(=O)N3Cc3ccc(Cl)cc3)cc2)N1. The van der Waals surface area contributed by atoms with Crippen molar-refractivity contribution in [3.05, 3.63) is 93.0 Å². The van der Waals surface area contributed by atoms with Crippen LogP contribution in [0.2, 0.25) is 5.02 Å². The summed E-state index contributed by atoms with van der Waals surface area (Å²) >= 11 is 6.01. The Kier molecular flexibility index (Phi) is 9.52. The first-order valence-electron chi connectivity index (χ1n) is 12.3. The average Bonchev–Trinajstić information content (AvgIpc) is 2.95. The molecule has 210 valence electrons. The summed E-state index contributed by atoms with van der Waals surface area (Å²) in [6.45, 7) is -0.582. The molecular weight excluding hydrogens is 542 g/mol. The molecule has 4 rings (SSSR count). The van der Waals surface area contributed by atoms with E-state index in [1.54, 1.807) is 61.7 Å². The van der Waals surface area contributed by atoms with E-state index in [1.165, 1.54) is 4.90 Å². The summed E-state index contributed by atoms with van der Waals surface area (Å²) in [4.78, 5) is 50.5. The molecule has 4 amide bonds. The minimum absolute atomic E-state index is 0.128. The fraction of sp³-hybridized carbons (Fsp3) is 0.308. The molecule has 14 heteroatoms. The lowest BCUT2D eigenvalue weighted by molar-refractivity contribution is 0.102. The number of nitroso groups, excluding NO2 is 2. The van der Waals surface area contributed by atoms with Gasteiger partial charge in [0.15, 0.2) is 18.4 Å². The van der Waals surface area contributed by atoms with Gasteiger partial charge in [0.25, 0.3) is 0 Å². The first-order chi connectivity index (χ1) is 19.4. The second-order valence-corrected chi connectivity index (χ2v) is 9.40. The number of hydrogen-bond donors (Lipinski definition) is 3. The van der Waals surface area contributed by atoms with Crippen molar-refractivity contribution < 1.29 is 19.1 Å². The van der Waals surface area contributed by atoms with Crippen LogP contribution in [0.15, 0.2) is 83.0 Å². The van der Waals surface area contributed by atoms with Crippen LogP contribution in [0.4, 0.5) is 15.3 Å². The number of urea groups is 2. The molecule has 0 aliphatic carbocycles. The number of carbonyl (C=O) groups excluding carboxylic acids is 2. The predicted molar refractivity (Wildman–Crippen MR) is 148 cm³/mol. The number of hydrogen-bond acceptors (Lipinski definition) is 10. The van der Waals surface area contributed by atoms with Gasteiger partial charge in [0.1, 0.15) is 5.75 Å². The van der Waals surface area contributed by atoms with Gasteiger partial charge in [-0.3, -0.25) is 10.2 Å². The van der Waals surface area contributed by atoms with Crippen molar-refractivity contribution in [3.63, 3.8) is 0 Å². The van der Waals surface area contributed by atoms with Crippen LogP contribution in [0, 0.1) is 15.7 Å². The number of imide groups is 1. The summed E-state index contributed by atoms with van der Waals surface area (Å²) in [5.41, 5.74) is 1.38. The number of anilines is 1. The molecule has 2 aromatic rings. The molecule has 0 bridgehead atoms. The van der Waals surface area contributed by atoms with Gasteiger partial charge in [-0.1, -0.05) is 40.2 Å². The van der Waals surface area contributed by atoms with E-state index in [-0.39, 0.29) is 26.2 Å². The van der Waals surface area contributed by atoms with Crippen molar-refractivity contribution in [3.8, 4) is 5.75 Å². The summed E-state index contributed by atoms with van der Waals surface area (Å²) in [6, 6.07) is 12.6. The third-order valence-electron chi connectivity index (χ3n) is 6.12. The first-order valence-corrected chi connectivity index (χ1v) is 12.7. The molecule has 13 nitrogen and oxygen atoms in total. The summed E-state index contributed by atoms with van der Waals surface area (Å²) in [6.07, 6.45) is 4.11. The van der Waals surface area contributed by atoms with Crippen LogP contribution < -0.4 is 20.7 Å². The zero-order valence-electron chi connectivity index (χ0n) is 21.5. The van der Waals surface area contributed by atoms with E-state index in [4.69, 9.17) is 21.1 Å². The van der Waals surface area contributed by atoms with E-state index < -0.39 is 30.5 Å². The number of allylic oxidation sites excluding steroid dienone is 2. The van der Waals surface area contributed by atoms with Crippen molar-refractivity contribution in [1.29, 1.82) is 0 Å². The molecule has 0 spiro atoms. The second-order valence-electron chi connectivity index (χ2n) is 8.96. The van der Waals surface area contributed by atoms with Crippen LogP contribution >= 0.6 is 11.6 Å². The van der Waals surface area contributed by atoms with Crippen LogP contribution in [-0.4, -0.2) is 61.1 Å². The van der Waals surface area contributed by atoms with Gasteiger partial charge in [0.2, 0.25) is 0 Å². The number of nitrogens with zero attached hydrogens (tertiary/aromatic N) is 4. The van der Waals surface area contributed by atoms with Crippen molar-refractivity contribution in [2.75, 3.05) is 32.1 Å². The molecule has 2 aromatic carbocycles. The second kappa shape index (κ2) is 13.4. The lowest BCUT2D eigenvalue weighted by Crippen LogP contribution is -2.67. The highest BCUT2D eigenvalue weighted by Crippen LogP contribution is 2.23. The molecule has 1 saturated heterocycles. The average molecular weight is 570 g/mol. The fourth-order valence-electron chi connectivity index (χ4n) is 4.10. The number of methoxy groups -OCH3 is 1. The molecule has 2 unspecified atom stereocenters. The third-order valence-corrected chi connectivity index (χ3v) is 6.38. The van der Waals surface area contributed by atoms with Gasteiger partial charge in [0, 0.05) is 23.2 Å². The number of dihydropyridines is 1. The monoisotopic (exact) mass is 569 g/mol. The maximum atomic E-state index is 13.5. The van der Waals surface area contributed by atoms with Gasteiger partial charge in [-0.15, -0.1) is 0 Å². The van der Waals surface area contributed by atoms with E-state index in [1.807, 2.05) is 12.2 Å². The maximum Gasteiger partial charge on any atom is 0.331 e. The Hall–Kier alpha value is -4.65. The Morgan fingerprint density at radius 1 is 1.02 bits per heavy atom. The highest BCUT2D eigenvalue weighted by atomic mass is 35.5. The normalized spacial score (nSPS) is 18.5. The summed E-state index contributed by atoms with van der Waals surface area (Å²) in [5, 5.41) is 15.2. The fourth-order valence-corrected chi connectivity index (χ4v) is 4.22. The van der Waals surface area contributed by atoms with Crippen molar-refractivity contribution in [1.82, 2.24) is 20.4 Å². The van der Waals surface area contributed by atoms with Gasteiger partial charge in [-0.2, -0.15) is 9.81 Å². The molecule has 0 aromatic heterocycles. The van der Waals surface area contributed by atoms with Crippen LogP contribution in [0.1, 0.15) is 5.56 Å². The number of nitrogens with one attached hydrogen (secondary N) is 3. The Morgan fingerprint density at radius 3 is 2.38 bits per heavy atom. The number of halogens is 1. The number of benzene rings is 2. The summed E-state index contributed by atoms with van der Waals surface area (Å²) in [7, 11) is 1.56. The van der Waals surface area contributed by atoms with Crippen molar-refractivity contribution >= 4 is 29.4 Å². The van der Waals surface area contributed by atoms with E-state index in [2.05, 4.69) is 26.3 Å². The van der Waals surface area contributed by atoms with Crippen LogP contribution in [0.5, 0.6) is 5.75 Å².